The third-order valence-corrected chi connectivity index (χ3v) is 6.69. The van der Waals surface area contributed by atoms with Crippen LogP contribution in [0.1, 0.15) is 31.2 Å². The van der Waals surface area contributed by atoms with Crippen LogP contribution in [0.4, 0.5) is 4.39 Å². The molecule has 1 aliphatic heterocycles. The van der Waals surface area contributed by atoms with Gasteiger partial charge in [0, 0.05) is 24.0 Å². The van der Waals surface area contributed by atoms with E-state index in [-0.39, 0.29) is 36.9 Å². The van der Waals surface area contributed by atoms with Gasteiger partial charge in [-0.3, -0.25) is 4.39 Å². The third kappa shape index (κ3) is 4.08. The molecule has 2 fully saturated rings. The van der Waals surface area contributed by atoms with Crippen LogP contribution in [0.5, 0.6) is 6.01 Å². The van der Waals surface area contributed by atoms with Crippen LogP contribution in [0.25, 0.3) is 22.4 Å². The lowest BCUT2D eigenvalue weighted by molar-refractivity contribution is -0.123. The average molecular weight is 462 g/mol. The first-order valence-electron chi connectivity index (χ1n) is 10.8. The van der Waals surface area contributed by atoms with E-state index < -0.39 is 6.10 Å². The average Bonchev–Trinajstić information content (AvgIpc) is 3.50. The highest BCUT2D eigenvalue weighted by atomic mass is 35.5. The SMILES string of the molecule is OCC[C@H]1OC[C@H](Oc2nc3nc(-c4ccc(C5(CF)CC5)cc4)c(Cl)cc3[nH]2)C[C@@H]1O. The monoisotopic (exact) mass is 461 g/mol. The maximum atomic E-state index is 13.3. The number of aromatic amines is 1. The number of benzene rings is 1. The predicted octanol–water partition coefficient (Wildman–Crippen LogP) is 3.56. The summed E-state index contributed by atoms with van der Waals surface area (Å²) in [4.78, 5) is 12.1. The van der Waals surface area contributed by atoms with E-state index in [2.05, 4.69) is 15.0 Å². The Morgan fingerprint density at radius 1 is 1.25 bits per heavy atom. The van der Waals surface area contributed by atoms with Gasteiger partial charge in [-0.2, -0.15) is 4.98 Å². The van der Waals surface area contributed by atoms with Gasteiger partial charge < -0.3 is 24.7 Å². The van der Waals surface area contributed by atoms with Crippen molar-refractivity contribution in [2.75, 3.05) is 19.9 Å². The lowest BCUT2D eigenvalue weighted by Gasteiger charge is -2.32. The lowest BCUT2D eigenvalue weighted by Crippen LogP contribution is -2.43. The van der Waals surface area contributed by atoms with Crippen LogP contribution in [-0.2, 0) is 10.2 Å². The van der Waals surface area contributed by atoms with Gasteiger partial charge in [0.25, 0.3) is 6.01 Å². The van der Waals surface area contributed by atoms with Gasteiger partial charge in [0.15, 0.2) is 5.65 Å². The molecule has 0 amide bonds. The van der Waals surface area contributed by atoms with E-state index in [4.69, 9.17) is 26.2 Å². The quantitative estimate of drug-likeness (QED) is 0.497. The number of ether oxygens (including phenoxy) is 2. The predicted molar refractivity (Wildman–Crippen MR) is 118 cm³/mol. The Kier molecular flexibility index (Phi) is 5.79. The van der Waals surface area contributed by atoms with E-state index in [9.17, 15) is 9.50 Å². The normalized spacial score (nSPS) is 24.6. The second-order valence-corrected chi connectivity index (χ2v) is 9.06. The highest BCUT2D eigenvalue weighted by molar-refractivity contribution is 6.33. The first-order valence-corrected chi connectivity index (χ1v) is 11.2. The number of alkyl halides is 1. The Labute approximate surface area is 189 Å². The summed E-state index contributed by atoms with van der Waals surface area (Å²) in [6, 6.07) is 9.75. The van der Waals surface area contributed by atoms with Crippen molar-refractivity contribution in [3.8, 4) is 17.3 Å². The number of fused-ring (bicyclic) bond motifs is 1. The number of H-pyrrole nitrogens is 1. The molecule has 2 aliphatic rings. The smallest absolute Gasteiger partial charge is 0.296 e. The standard InChI is InChI=1S/C23H25ClFN3O4/c24-16-10-17-21(27-20(16)13-1-3-14(4-2-13)23(12-25)6-7-23)28-22(26-17)32-15-9-18(30)19(5-8-29)31-11-15/h1-4,10,15,18-19,29-30H,5-9,11-12H2,(H,26,27,28)/t15-,18+,19-/m1/s1. The minimum atomic E-state index is -0.709. The molecule has 170 valence electrons. The van der Waals surface area contributed by atoms with Crippen LogP contribution in [0.3, 0.4) is 0 Å². The second-order valence-electron chi connectivity index (χ2n) is 8.65. The molecular weight excluding hydrogens is 437 g/mol. The zero-order valence-electron chi connectivity index (χ0n) is 17.4. The number of nitrogens with one attached hydrogen (secondary N) is 1. The van der Waals surface area contributed by atoms with Crippen molar-refractivity contribution in [2.24, 2.45) is 0 Å². The molecule has 0 unspecified atom stereocenters. The molecule has 0 bridgehead atoms. The van der Waals surface area contributed by atoms with Crippen LogP contribution in [0, 0.1) is 0 Å². The van der Waals surface area contributed by atoms with E-state index in [1.54, 1.807) is 6.07 Å². The maximum absolute atomic E-state index is 13.3. The first-order chi connectivity index (χ1) is 15.5. The fourth-order valence-corrected chi connectivity index (χ4v) is 4.52. The molecule has 1 saturated heterocycles. The number of halogens is 2. The summed E-state index contributed by atoms with van der Waals surface area (Å²) in [5.74, 6) is 0. The largest absolute Gasteiger partial charge is 0.459 e. The van der Waals surface area contributed by atoms with E-state index in [0.29, 0.717) is 41.3 Å². The Balaban J connectivity index is 1.33. The van der Waals surface area contributed by atoms with Crippen molar-refractivity contribution in [1.82, 2.24) is 15.0 Å². The molecule has 3 atom stereocenters. The molecule has 0 radical (unpaired) electrons. The van der Waals surface area contributed by atoms with Gasteiger partial charge in [-0.05, 0) is 30.9 Å². The summed E-state index contributed by atoms with van der Waals surface area (Å²) in [5, 5.41) is 19.7. The summed E-state index contributed by atoms with van der Waals surface area (Å²) < 4.78 is 24.8. The van der Waals surface area contributed by atoms with Crippen molar-refractivity contribution in [1.29, 1.82) is 0 Å². The number of aliphatic hydroxyl groups excluding tert-OH is 2. The summed E-state index contributed by atoms with van der Waals surface area (Å²) in [7, 11) is 0. The number of hydrogen-bond acceptors (Lipinski definition) is 6. The lowest BCUT2D eigenvalue weighted by atomic mass is 9.96. The van der Waals surface area contributed by atoms with E-state index >= 15 is 0 Å². The fourth-order valence-electron chi connectivity index (χ4n) is 4.26. The van der Waals surface area contributed by atoms with Crippen LogP contribution < -0.4 is 4.74 Å². The number of aliphatic hydroxyl groups is 2. The number of hydrogen-bond donors (Lipinski definition) is 3. The van der Waals surface area contributed by atoms with Gasteiger partial charge in [0.05, 0.1) is 41.7 Å². The molecular formula is C23H25ClFN3O4. The Bertz CT molecular complexity index is 1100. The zero-order valence-corrected chi connectivity index (χ0v) is 18.2. The fraction of sp³-hybridized carbons (Fsp3) is 0.478. The molecule has 1 saturated carbocycles. The third-order valence-electron chi connectivity index (χ3n) is 6.41. The van der Waals surface area contributed by atoms with Gasteiger partial charge in [0.1, 0.15) is 6.10 Å². The van der Waals surface area contributed by atoms with Gasteiger partial charge >= 0.3 is 0 Å². The van der Waals surface area contributed by atoms with Crippen LogP contribution in [0.2, 0.25) is 5.02 Å². The first kappa shape index (κ1) is 21.6. The summed E-state index contributed by atoms with van der Waals surface area (Å²) in [6.07, 6.45) is 1.08. The van der Waals surface area contributed by atoms with Crippen molar-refractivity contribution in [3.63, 3.8) is 0 Å². The molecule has 3 aromatic rings. The summed E-state index contributed by atoms with van der Waals surface area (Å²) in [6.45, 7) is -0.0749. The minimum Gasteiger partial charge on any atom is -0.459 e. The van der Waals surface area contributed by atoms with Crippen molar-refractivity contribution in [2.45, 2.75) is 49.4 Å². The molecule has 5 rings (SSSR count). The zero-order chi connectivity index (χ0) is 22.3. The highest BCUT2D eigenvalue weighted by Crippen LogP contribution is 2.48. The van der Waals surface area contributed by atoms with E-state index in [1.807, 2.05) is 24.3 Å². The van der Waals surface area contributed by atoms with Crippen LogP contribution in [-0.4, -0.2) is 63.4 Å². The summed E-state index contributed by atoms with van der Waals surface area (Å²) in [5.41, 5.74) is 3.23. The van der Waals surface area contributed by atoms with Crippen molar-refractivity contribution in [3.05, 3.63) is 40.9 Å². The Morgan fingerprint density at radius 3 is 2.69 bits per heavy atom. The highest BCUT2D eigenvalue weighted by Gasteiger charge is 2.44. The van der Waals surface area contributed by atoms with Crippen molar-refractivity contribution >= 4 is 22.8 Å². The molecule has 9 heteroatoms. The Hall–Kier alpha value is -2.26. The molecule has 7 nitrogen and oxygen atoms in total. The number of pyridine rings is 1. The molecule has 1 aliphatic carbocycles. The molecule has 1 aromatic carbocycles. The van der Waals surface area contributed by atoms with Gasteiger partial charge in [0.2, 0.25) is 0 Å². The second kappa shape index (κ2) is 8.59. The molecule has 32 heavy (non-hydrogen) atoms. The van der Waals surface area contributed by atoms with Crippen LogP contribution in [0.15, 0.2) is 30.3 Å². The maximum Gasteiger partial charge on any atom is 0.296 e. The molecule has 0 spiro atoms. The number of aromatic nitrogens is 3. The number of rotatable bonds is 7. The minimum absolute atomic E-state index is 0.0367. The van der Waals surface area contributed by atoms with Gasteiger partial charge in [-0.1, -0.05) is 35.9 Å². The van der Waals surface area contributed by atoms with Crippen molar-refractivity contribution < 1.29 is 24.1 Å². The Morgan fingerprint density at radius 2 is 2.03 bits per heavy atom. The van der Waals surface area contributed by atoms with Gasteiger partial charge in [-0.25, -0.2) is 4.98 Å². The van der Waals surface area contributed by atoms with E-state index in [1.165, 1.54) is 0 Å². The molecule has 2 aromatic heterocycles. The topological polar surface area (TPSA) is 100 Å². The summed E-state index contributed by atoms with van der Waals surface area (Å²) >= 11 is 6.49. The molecule has 3 N–H and O–H groups in total. The van der Waals surface area contributed by atoms with Gasteiger partial charge in [-0.15, -0.1) is 0 Å². The number of nitrogens with zero attached hydrogens (tertiary/aromatic N) is 2. The number of imidazole rings is 1. The van der Waals surface area contributed by atoms with Crippen LogP contribution >= 0.6 is 11.6 Å². The molecule has 3 heterocycles. The van der Waals surface area contributed by atoms with E-state index in [0.717, 1.165) is 24.0 Å².